The molecule has 1 unspecified atom stereocenters. The van der Waals surface area contributed by atoms with E-state index in [4.69, 9.17) is 5.11 Å². The zero-order valence-corrected chi connectivity index (χ0v) is 22.6. The average Bonchev–Trinajstić information content (AvgIpc) is 2.99. The van der Waals surface area contributed by atoms with Crippen LogP contribution in [0.2, 0.25) is 0 Å². The van der Waals surface area contributed by atoms with Crippen molar-refractivity contribution in [2.45, 2.75) is 112 Å². The minimum absolute atomic E-state index is 0.0902. The summed E-state index contributed by atoms with van der Waals surface area (Å²) in [5.74, 6) is -0.873. The lowest BCUT2D eigenvalue weighted by Gasteiger charge is -2.62. The molecule has 0 saturated heterocycles. The Labute approximate surface area is 211 Å². The minimum atomic E-state index is -0.928. The lowest BCUT2D eigenvalue weighted by Crippen LogP contribution is -2.55. The number of carbonyl (C=O) groups excluding carboxylic acids is 1. The highest BCUT2D eigenvalue weighted by Gasteiger charge is 2.66. The van der Waals surface area contributed by atoms with Gasteiger partial charge >= 0.3 is 5.97 Å². The summed E-state index contributed by atoms with van der Waals surface area (Å²) in [5.41, 5.74) is 3.09. The average molecular weight is 487 g/mol. The molecule has 0 heterocycles. The topological polar surface area (TPSA) is 94.8 Å². The Morgan fingerprint density at radius 2 is 1.74 bits per heavy atom. The van der Waals surface area contributed by atoms with Crippen LogP contribution in [-0.2, 0) is 9.59 Å². The van der Waals surface area contributed by atoms with E-state index in [0.717, 1.165) is 44.8 Å². The fourth-order valence-corrected chi connectivity index (χ4v) is 9.45. The lowest BCUT2D eigenvalue weighted by atomic mass is 9.43. The van der Waals surface area contributed by atoms with Gasteiger partial charge in [-0.15, -0.1) is 0 Å². The Balaban J connectivity index is 1.67. The number of aliphatic carboxylic acids is 1. The van der Waals surface area contributed by atoms with Crippen molar-refractivity contribution in [1.29, 1.82) is 0 Å². The van der Waals surface area contributed by atoms with Crippen molar-refractivity contribution in [3.05, 3.63) is 22.8 Å². The molecule has 0 radical (unpaired) electrons. The van der Waals surface area contributed by atoms with Crippen molar-refractivity contribution in [3.8, 4) is 0 Å². The number of aliphatic hydroxyl groups excluding tert-OH is 2. The molecule has 2 saturated carbocycles. The van der Waals surface area contributed by atoms with E-state index in [-0.39, 0.29) is 39.6 Å². The molecule has 8 atom stereocenters. The minimum Gasteiger partial charge on any atom is -0.478 e. The predicted molar refractivity (Wildman–Crippen MR) is 137 cm³/mol. The maximum Gasteiger partial charge on any atom is 0.330 e. The first-order valence-electron chi connectivity index (χ1n) is 13.7. The fourth-order valence-electron chi connectivity index (χ4n) is 9.45. The molecule has 4 rings (SSSR count). The molecule has 2 fully saturated rings. The van der Waals surface area contributed by atoms with Crippen LogP contribution in [0.15, 0.2) is 22.8 Å². The van der Waals surface area contributed by atoms with Gasteiger partial charge < -0.3 is 20.1 Å². The molecule has 5 heteroatoms. The number of carboxylic acid groups (broad SMARTS) is 1. The maximum atomic E-state index is 12.3. The number of hydrogen-bond donors (Lipinski definition) is 3. The van der Waals surface area contributed by atoms with Crippen molar-refractivity contribution in [2.24, 2.45) is 39.4 Å². The lowest BCUT2D eigenvalue weighted by molar-refractivity contribution is -0.132. The summed E-state index contributed by atoms with van der Waals surface area (Å²) >= 11 is 0. The van der Waals surface area contributed by atoms with Crippen molar-refractivity contribution in [1.82, 2.24) is 0 Å². The number of rotatable bonds is 6. The molecule has 0 amide bonds. The Bertz CT molecular complexity index is 946. The van der Waals surface area contributed by atoms with Crippen LogP contribution in [-0.4, -0.2) is 39.8 Å². The van der Waals surface area contributed by atoms with Crippen LogP contribution in [0, 0.1) is 39.4 Å². The normalized spacial score (nSPS) is 43.7. The third kappa shape index (κ3) is 3.79. The van der Waals surface area contributed by atoms with E-state index in [1.165, 1.54) is 5.57 Å². The van der Waals surface area contributed by atoms with Gasteiger partial charge in [-0.1, -0.05) is 51.8 Å². The Morgan fingerprint density at radius 3 is 2.37 bits per heavy atom. The van der Waals surface area contributed by atoms with Gasteiger partial charge in [0, 0.05) is 17.4 Å². The molecule has 0 aliphatic heterocycles. The number of aliphatic hydroxyl groups is 2. The summed E-state index contributed by atoms with van der Waals surface area (Å²) < 4.78 is 0. The van der Waals surface area contributed by atoms with Crippen LogP contribution >= 0.6 is 0 Å². The van der Waals surface area contributed by atoms with Crippen molar-refractivity contribution >= 4 is 12.3 Å². The van der Waals surface area contributed by atoms with Crippen LogP contribution in [0.4, 0.5) is 0 Å². The van der Waals surface area contributed by atoms with Gasteiger partial charge in [0.15, 0.2) is 0 Å². The summed E-state index contributed by atoms with van der Waals surface area (Å²) in [6.07, 6.45) is 9.63. The number of hydrogen-bond acceptors (Lipinski definition) is 4. The van der Waals surface area contributed by atoms with E-state index >= 15 is 0 Å². The summed E-state index contributed by atoms with van der Waals surface area (Å²) in [6.45, 7) is 13.1. The van der Waals surface area contributed by atoms with Crippen LogP contribution < -0.4 is 0 Å². The molecule has 35 heavy (non-hydrogen) atoms. The second-order valence-corrected chi connectivity index (χ2v) is 13.5. The summed E-state index contributed by atoms with van der Waals surface area (Å²) in [7, 11) is 0. The SMILES string of the molecule is C/C(=C\CC[C@H](C=O)[C@@H]1[C@H](O)C[C@]2(C)C3=C(CC[C@@]12C)[C@@]1(C)CC[C@@H](O)C(C)(C)C1CC3)C(=O)O. The summed E-state index contributed by atoms with van der Waals surface area (Å²) in [5, 5.41) is 31.4. The smallest absolute Gasteiger partial charge is 0.330 e. The molecule has 0 aromatic heterocycles. The van der Waals surface area contributed by atoms with Gasteiger partial charge in [-0.05, 0) is 92.3 Å². The maximum absolute atomic E-state index is 12.3. The van der Waals surface area contributed by atoms with E-state index < -0.39 is 12.1 Å². The number of carboxylic acids is 1. The van der Waals surface area contributed by atoms with Crippen LogP contribution in [0.3, 0.4) is 0 Å². The molecular weight excluding hydrogens is 440 g/mol. The third-order valence-electron chi connectivity index (χ3n) is 11.7. The highest BCUT2D eigenvalue weighted by Crippen LogP contribution is 2.72. The van der Waals surface area contributed by atoms with E-state index in [1.54, 1.807) is 18.6 Å². The quantitative estimate of drug-likeness (QED) is 0.255. The standard InChI is InChI=1S/C30H46O5/c1-18(26(34)35)8-7-9-19(17-31)25-22(32)16-30(6)21-10-11-23-27(2,3)24(33)13-14-28(23,4)20(21)12-15-29(25,30)5/h8,17,19,22-25,32-33H,7,9-16H2,1-6H3,(H,34,35)/b18-8+/t19-,22-,23?,24-,25-,28-,29+,30-/m1/s1. The second kappa shape index (κ2) is 8.83. The van der Waals surface area contributed by atoms with Gasteiger partial charge in [0.25, 0.3) is 0 Å². The first-order valence-corrected chi connectivity index (χ1v) is 13.7. The molecule has 3 N–H and O–H groups in total. The molecule has 0 aromatic rings. The van der Waals surface area contributed by atoms with Gasteiger partial charge in [0.2, 0.25) is 0 Å². The number of aldehydes is 1. The Morgan fingerprint density at radius 1 is 1.06 bits per heavy atom. The number of fused-ring (bicyclic) bond motifs is 4. The highest BCUT2D eigenvalue weighted by molar-refractivity contribution is 5.85. The fraction of sp³-hybridized carbons (Fsp3) is 0.800. The van der Waals surface area contributed by atoms with E-state index in [1.807, 2.05) is 0 Å². The van der Waals surface area contributed by atoms with Gasteiger partial charge in [0.1, 0.15) is 6.29 Å². The van der Waals surface area contributed by atoms with Crippen molar-refractivity contribution in [3.63, 3.8) is 0 Å². The molecule has 0 aromatic carbocycles. The molecular formula is C30H46O5. The van der Waals surface area contributed by atoms with Crippen molar-refractivity contribution < 1.29 is 24.9 Å². The molecule has 4 aliphatic rings. The van der Waals surface area contributed by atoms with Crippen LogP contribution in [0.5, 0.6) is 0 Å². The largest absolute Gasteiger partial charge is 0.478 e. The highest BCUT2D eigenvalue weighted by atomic mass is 16.4. The number of carbonyl (C=O) groups is 2. The number of allylic oxidation sites excluding steroid dienone is 3. The zero-order valence-electron chi connectivity index (χ0n) is 22.6. The van der Waals surface area contributed by atoms with Gasteiger partial charge in [-0.2, -0.15) is 0 Å². The van der Waals surface area contributed by atoms with E-state index in [0.29, 0.717) is 30.8 Å². The van der Waals surface area contributed by atoms with E-state index in [2.05, 4.69) is 34.6 Å². The summed E-state index contributed by atoms with van der Waals surface area (Å²) in [6, 6.07) is 0. The monoisotopic (exact) mass is 486 g/mol. The molecule has 5 nitrogen and oxygen atoms in total. The first-order chi connectivity index (χ1) is 16.2. The first kappa shape index (κ1) is 26.6. The second-order valence-electron chi connectivity index (χ2n) is 13.5. The van der Waals surface area contributed by atoms with Crippen LogP contribution in [0.25, 0.3) is 0 Å². The predicted octanol–water partition coefficient (Wildman–Crippen LogP) is 5.69. The zero-order chi connectivity index (χ0) is 26.0. The molecule has 196 valence electrons. The van der Waals surface area contributed by atoms with Gasteiger partial charge in [-0.3, -0.25) is 0 Å². The Hall–Kier alpha value is -1.46. The summed E-state index contributed by atoms with van der Waals surface area (Å²) in [4.78, 5) is 23.5. The Kier molecular flexibility index (Phi) is 6.71. The third-order valence-corrected chi connectivity index (χ3v) is 11.7. The van der Waals surface area contributed by atoms with Gasteiger partial charge in [0.05, 0.1) is 12.2 Å². The molecule has 4 aliphatic carbocycles. The molecule has 0 spiro atoms. The van der Waals surface area contributed by atoms with Crippen LogP contribution in [0.1, 0.15) is 99.3 Å². The van der Waals surface area contributed by atoms with E-state index in [9.17, 15) is 19.8 Å². The van der Waals surface area contributed by atoms with Crippen molar-refractivity contribution in [2.75, 3.05) is 0 Å². The van der Waals surface area contributed by atoms with Gasteiger partial charge in [-0.25, -0.2) is 4.79 Å². The molecule has 0 bridgehead atoms.